The molecular weight excluding hydrogens is 435 g/mol. The second-order valence-corrected chi connectivity index (χ2v) is 9.28. The number of thioether (sulfide) groups is 1. The van der Waals surface area contributed by atoms with Gasteiger partial charge in [-0.25, -0.2) is 4.57 Å². The molecule has 2 aliphatic heterocycles. The second-order valence-electron chi connectivity index (χ2n) is 8.29. The van der Waals surface area contributed by atoms with Crippen LogP contribution < -0.4 is 4.48 Å². The van der Waals surface area contributed by atoms with Gasteiger partial charge in [-0.3, -0.25) is 0 Å². The number of alkyl halides is 3. The molecule has 4 nitrogen and oxygen atoms in total. The number of ether oxygens (including phenoxy) is 1. The van der Waals surface area contributed by atoms with Crippen LogP contribution in [0.3, 0.4) is 0 Å². The number of quaternary nitrogens is 1. The van der Waals surface area contributed by atoms with Gasteiger partial charge in [-0.15, -0.1) is 29.4 Å². The molecule has 0 bridgehead atoms. The van der Waals surface area contributed by atoms with E-state index >= 15 is 0 Å². The molecule has 0 radical (unpaired) electrons. The largest absolute Gasteiger partial charge is 0.574 e. The first kappa shape index (κ1) is 21.2. The number of fused-ring (bicyclic) bond motifs is 3. The molecule has 0 saturated carbocycles. The highest BCUT2D eigenvalue weighted by molar-refractivity contribution is 7.98. The van der Waals surface area contributed by atoms with Crippen LogP contribution in [0.5, 0.6) is 0 Å². The Labute approximate surface area is 189 Å². The molecule has 166 valence electrons. The second kappa shape index (κ2) is 7.15. The molecule has 32 heavy (non-hydrogen) atoms. The van der Waals surface area contributed by atoms with Crippen LogP contribution >= 0.6 is 11.8 Å². The Morgan fingerprint density at radius 1 is 1.19 bits per heavy atom. The van der Waals surface area contributed by atoms with Gasteiger partial charge in [-0.05, 0) is 37.1 Å². The van der Waals surface area contributed by atoms with Gasteiger partial charge in [0.05, 0.1) is 13.3 Å². The average Bonchev–Trinajstić information content (AvgIpc) is 3.27. The number of imidazole rings is 1. The molecular formula is C24H23F3N3OS+. The number of hydrogen-bond donors (Lipinski definition) is 0. The molecule has 3 heterocycles. The van der Waals surface area contributed by atoms with E-state index in [1.54, 1.807) is 30.0 Å². The van der Waals surface area contributed by atoms with Crippen molar-refractivity contribution in [3.05, 3.63) is 83.4 Å². The van der Waals surface area contributed by atoms with Crippen LogP contribution in [0.1, 0.15) is 25.8 Å². The smallest absolute Gasteiger partial charge is 0.496 e. The SMILES string of the molecule is COC1=C(C)CC23C=CC=C[N+]2(C(F)(F)F)c2ncc(SCc4ccccc4)n2C3=C1C. The van der Waals surface area contributed by atoms with E-state index in [9.17, 15) is 13.2 Å². The lowest BCUT2D eigenvalue weighted by Crippen LogP contribution is -2.68. The molecule has 3 aliphatic rings. The molecule has 1 spiro atoms. The molecule has 2 unspecified atom stereocenters. The Bertz CT molecular complexity index is 1210. The third kappa shape index (κ3) is 2.59. The first-order chi connectivity index (χ1) is 15.3. The van der Waals surface area contributed by atoms with Gasteiger partial charge in [0.2, 0.25) is 0 Å². The Hall–Kier alpha value is -2.71. The minimum absolute atomic E-state index is 0.0341. The minimum atomic E-state index is -4.58. The van der Waals surface area contributed by atoms with Crippen molar-refractivity contribution >= 4 is 23.4 Å². The Kier molecular flexibility index (Phi) is 4.73. The van der Waals surface area contributed by atoms with Crippen LogP contribution in [0.15, 0.2) is 82.9 Å². The standard InChI is InChI=1S/C24H23F3N3OS/c1-16-13-23-11-7-8-12-30(23,24(25,26)27)22-28-14-19(32-15-18-9-5-4-6-10-18)29(22)21(23)17(2)20(16)31-3/h4-12,14H,13,15H2,1-3H3/q+1. The van der Waals surface area contributed by atoms with Gasteiger partial charge in [0, 0.05) is 17.7 Å². The monoisotopic (exact) mass is 458 g/mol. The minimum Gasteiger partial charge on any atom is -0.496 e. The maximum Gasteiger partial charge on any atom is 0.574 e. The van der Waals surface area contributed by atoms with Gasteiger partial charge in [-0.2, -0.15) is 4.98 Å². The highest BCUT2D eigenvalue weighted by Crippen LogP contribution is 2.62. The summed E-state index contributed by atoms with van der Waals surface area (Å²) in [5.74, 6) is 1.25. The highest BCUT2D eigenvalue weighted by atomic mass is 32.2. The molecule has 0 amide bonds. The third-order valence-corrected chi connectivity index (χ3v) is 7.60. The van der Waals surface area contributed by atoms with Gasteiger partial charge in [0.15, 0.2) is 5.54 Å². The van der Waals surface area contributed by atoms with Crippen LogP contribution in [-0.4, -0.2) is 28.5 Å². The zero-order chi connectivity index (χ0) is 22.7. The molecule has 2 aromatic rings. The van der Waals surface area contributed by atoms with Gasteiger partial charge >= 0.3 is 12.2 Å². The van der Waals surface area contributed by atoms with Crippen molar-refractivity contribution in [2.24, 2.45) is 0 Å². The predicted molar refractivity (Wildman–Crippen MR) is 120 cm³/mol. The molecule has 0 saturated heterocycles. The molecule has 0 fully saturated rings. The normalized spacial score (nSPS) is 26.3. The summed E-state index contributed by atoms with van der Waals surface area (Å²) in [6, 6.07) is 9.87. The number of rotatable bonds is 4. The number of methoxy groups -OCH3 is 1. The van der Waals surface area contributed by atoms with E-state index in [0.717, 1.165) is 11.1 Å². The summed E-state index contributed by atoms with van der Waals surface area (Å²) in [6.45, 7) is 3.69. The first-order valence-corrected chi connectivity index (χ1v) is 11.3. The molecule has 5 rings (SSSR count). The van der Waals surface area contributed by atoms with Crippen molar-refractivity contribution < 1.29 is 17.9 Å². The Morgan fingerprint density at radius 2 is 1.94 bits per heavy atom. The fourth-order valence-corrected chi connectivity index (χ4v) is 6.31. The quantitative estimate of drug-likeness (QED) is 0.302. The number of nitrogens with zero attached hydrogens (tertiary/aromatic N) is 3. The number of aromatic nitrogens is 2. The van der Waals surface area contributed by atoms with E-state index in [2.05, 4.69) is 4.98 Å². The zero-order valence-electron chi connectivity index (χ0n) is 18.0. The average molecular weight is 459 g/mol. The summed E-state index contributed by atoms with van der Waals surface area (Å²) in [5.41, 5.74) is 1.84. The summed E-state index contributed by atoms with van der Waals surface area (Å²) in [6.07, 6.45) is 3.27. The van der Waals surface area contributed by atoms with E-state index in [4.69, 9.17) is 4.74 Å². The fraction of sp³-hybridized carbons (Fsp3) is 0.292. The Balaban J connectivity index is 1.75. The van der Waals surface area contributed by atoms with Crippen LogP contribution in [0.25, 0.3) is 5.70 Å². The van der Waals surface area contributed by atoms with E-state index < -0.39 is 16.3 Å². The van der Waals surface area contributed by atoms with Crippen LogP contribution in [0, 0.1) is 0 Å². The van der Waals surface area contributed by atoms with Gasteiger partial charge in [-0.1, -0.05) is 36.4 Å². The van der Waals surface area contributed by atoms with E-state index in [0.29, 0.717) is 27.8 Å². The summed E-state index contributed by atoms with van der Waals surface area (Å²) >= 11 is 1.49. The van der Waals surface area contributed by atoms with E-state index in [1.807, 2.05) is 44.2 Å². The van der Waals surface area contributed by atoms with E-state index in [-0.39, 0.29) is 12.4 Å². The maximum atomic E-state index is 15.0. The summed E-state index contributed by atoms with van der Waals surface area (Å²) in [5, 5.41) is 0.686. The van der Waals surface area contributed by atoms with Crippen LogP contribution in [0.4, 0.5) is 19.1 Å². The molecule has 0 N–H and O–H groups in total. The maximum absolute atomic E-state index is 15.0. The number of hydrogen-bond acceptors (Lipinski definition) is 3. The van der Waals surface area contributed by atoms with Gasteiger partial charge < -0.3 is 4.74 Å². The third-order valence-electron chi connectivity index (χ3n) is 6.53. The molecule has 8 heteroatoms. The topological polar surface area (TPSA) is 27.1 Å². The van der Waals surface area contributed by atoms with E-state index in [1.165, 1.54) is 24.0 Å². The molecule has 1 aromatic heterocycles. The van der Waals surface area contributed by atoms with Crippen molar-refractivity contribution in [1.29, 1.82) is 0 Å². The van der Waals surface area contributed by atoms with Crippen LogP contribution in [0.2, 0.25) is 0 Å². The molecule has 1 aliphatic carbocycles. The van der Waals surface area contributed by atoms with Gasteiger partial charge in [0.1, 0.15) is 22.7 Å². The lowest BCUT2D eigenvalue weighted by Gasteiger charge is -2.45. The molecule has 2 atom stereocenters. The van der Waals surface area contributed by atoms with Gasteiger partial charge in [0.25, 0.3) is 0 Å². The van der Waals surface area contributed by atoms with Crippen molar-refractivity contribution in [3.8, 4) is 0 Å². The first-order valence-electron chi connectivity index (χ1n) is 10.3. The summed E-state index contributed by atoms with van der Waals surface area (Å²) in [7, 11) is 1.57. The van der Waals surface area contributed by atoms with Crippen molar-refractivity contribution in [2.75, 3.05) is 7.11 Å². The molecule has 1 aromatic carbocycles. The van der Waals surface area contributed by atoms with Crippen LogP contribution in [-0.2, 0) is 10.5 Å². The van der Waals surface area contributed by atoms with Crippen molar-refractivity contribution in [2.45, 2.75) is 42.9 Å². The number of benzene rings is 1. The van der Waals surface area contributed by atoms with Crippen molar-refractivity contribution in [3.63, 3.8) is 0 Å². The van der Waals surface area contributed by atoms with Crippen molar-refractivity contribution in [1.82, 2.24) is 14.0 Å². The number of allylic oxidation sites excluding steroid dienone is 3. The lowest BCUT2D eigenvalue weighted by atomic mass is 9.77. The highest BCUT2D eigenvalue weighted by Gasteiger charge is 2.76. The lowest BCUT2D eigenvalue weighted by molar-refractivity contribution is -0.236. The Morgan fingerprint density at radius 3 is 2.62 bits per heavy atom. The predicted octanol–water partition coefficient (Wildman–Crippen LogP) is 6.39. The number of halogens is 3. The summed E-state index contributed by atoms with van der Waals surface area (Å²) in [4.78, 5) is 4.38. The fourth-order valence-electron chi connectivity index (χ4n) is 5.37. The summed E-state index contributed by atoms with van der Waals surface area (Å²) < 4.78 is 51.0. The zero-order valence-corrected chi connectivity index (χ0v) is 18.8.